The van der Waals surface area contributed by atoms with Crippen molar-refractivity contribution in [1.29, 1.82) is 0 Å². The van der Waals surface area contributed by atoms with E-state index in [1.165, 1.54) is 0 Å². The van der Waals surface area contributed by atoms with E-state index in [4.69, 9.17) is 21.3 Å². The third-order valence-electron chi connectivity index (χ3n) is 4.00. The Kier molecular flexibility index (Phi) is 4.04. The van der Waals surface area contributed by atoms with Crippen molar-refractivity contribution in [2.45, 2.75) is 0 Å². The molecular formula is C20H16ClN3O. The molecule has 4 rings (SSSR count). The van der Waals surface area contributed by atoms with Gasteiger partial charge in [0.05, 0.1) is 7.11 Å². The van der Waals surface area contributed by atoms with E-state index in [2.05, 4.69) is 5.32 Å². The van der Waals surface area contributed by atoms with Gasteiger partial charge in [-0.05, 0) is 48.5 Å². The van der Waals surface area contributed by atoms with Gasteiger partial charge < -0.3 is 10.1 Å². The molecule has 0 aliphatic heterocycles. The van der Waals surface area contributed by atoms with Crippen molar-refractivity contribution in [2.75, 3.05) is 12.4 Å². The van der Waals surface area contributed by atoms with Gasteiger partial charge in [-0.25, -0.2) is 4.98 Å². The third kappa shape index (κ3) is 3.04. The Morgan fingerprint density at radius 3 is 2.44 bits per heavy atom. The van der Waals surface area contributed by atoms with Crippen LogP contribution in [-0.2, 0) is 0 Å². The van der Waals surface area contributed by atoms with Crippen LogP contribution in [0.2, 0.25) is 5.02 Å². The van der Waals surface area contributed by atoms with Crippen LogP contribution in [0.1, 0.15) is 0 Å². The van der Waals surface area contributed by atoms with E-state index in [9.17, 15) is 0 Å². The van der Waals surface area contributed by atoms with Gasteiger partial charge in [-0.1, -0.05) is 29.8 Å². The monoisotopic (exact) mass is 349 g/mol. The molecular weight excluding hydrogens is 334 g/mol. The largest absolute Gasteiger partial charge is 0.497 e. The van der Waals surface area contributed by atoms with E-state index in [1.807, 2.05) is 77.3 Å². The highest BCUT2D eigenvalue weighted by Crippen LogP contribution is 2.32. The van der Waals surface area contributed by atoms with Gasteiger partial charge in [0.2, 0.25) is 0 Å². The van der Waals surface area contributed by atoms with Gasteiger partial charge in [-0.15, -0.1) is 0 Å². The van der Waals surface area contributed by atoms with Gasteiger partial charge in [0.15, 0.2) is 0 Å². The number of pyridine rings is 1. The van der Waals surface area contributed by atoms with Crippen molar-refractivity contribution in [2.24, 2.45) is 0 Å². The molecule has 0 aliphatic carbocycles. The minimum atomic E-state index is 0.706. The summed E-state index contributed by atoms with van der Waals surface area (Å²) >= 11 is 6.02. The molecule has 0 amide bonds. The first-order valence-electron chi connectivity index (χ1n) is 7.89. The van der Waals surface area contributed by atoms with Gasteiger partial charge in [0, 0.05) is 22.5 Å². The second-order valence-corrected chi connectivity index (χ2v) is 6.03. The first-order chi connectivity index (χ1) is 12.2. The summed E-state index contributed by atoms with van der Waals surface area (Å²) in [5.41, 5.74) is 3.72. The molecule has 2 heterocycles. The maximum atomic E-state index is 6.02. The summed E-state index contributed by atoms with van der Waals surface area (Å²) < 4.78 is 7.26. The summed E-state index contributed by atoms with van der Waals surface area (Å²) in [6.45, 7) is 0. The quantitative estimate of drug-likeness (QED) is 0.535. The summed E-state index contributed by atoms with van der Waals surface area (Å²) in [6, 6.07) is 21.5. The summed E-state index contributed by atoms with van der Waals surface area (Å²) in [5.74, 6) is 1.73. The van der Waals surface area contributed by atoms with Crippen molar-refractivity contribution >= 4 is 28.8 Å². The zero-order valence-corrected chi connectivity index (χ0v) is 14.4. The maximum absolute atomic E-state index is 6.02. The van der Waals surface area contributed by atoms with Crippen molar-refractivity contribution in [3.8, 4) is 17.0 Å². The van der Waals surface area contributed by atoms with Crippen molar-refractivity contribution in [3.05, 3.63) is 77.9 Å². The first kappa shape index (κ1) is 15.5. The zero-order chi connectivity index (χ0) is 17.2. The topological polar surface area (TPSA) is 38.6 Å². The molecule has 2 aromatic heterocycles. The highest BCUT2D eigenvalue weighted by molar-refractivity contribution is 6.30. The molecule has 124 valence electrons. The van der Waals surface area contributed by atoms with E-state index in [0.29, 0.717) is 5.02 Å². The van der Waals surface area contributed by atoms with Gasteiger partial charge in [0.25, 0.3) is 0 Å². The fourth-order valence-corrected chi connectivity index (χ4v) is 2.86. The highest BCUT2D eigenvalue weighted by atomic mass is 35.5. The lowest BCUT2D eigenvalue weighted by molar-refractivity contribution is 0.415. The fourth-order valence-electron chi connectivity index (χ4n) is 2.74. The number of aromatic nitrogens is 2. The number of imidazole rings is 1. The molecule has 25 heavy (non-hydrogen) atoms. The number of hydrogen-bond acceptors (Lipinski definition) is 3. The van der Waals surface area contributed by atoms with Crippen LogP contribution in [0.3, 0.4) is 0 Å². The van der Waals surface area contributed by atoms with Crippen LogP contribution in [0.25, 0.3) is 16.9 Å². The molecule has 0 spiro atoms. The predicted octanol–water partition coefficient (Wildman–Crippen LogP) is 5.41. The summed E-state index contributed by atoms with van der Waals surface area (Å²) in [5, 5.41) is 4.18. The second kappa shape index (κ2) is 6.49. The average Bonchev–Trinajstić information content (AvgIpc) is 3.02. The van der Waals surface area contributed by atoms with Crippen LogP contribution < -0.4 is 10.1 Å². The first-order valence-corrected chi connectivity index (χ1v) is 8.26. The number of halogens is 1. The number of benzene rings is 2. The number of ether oxygens (including phenoxy) is 1. The molecule has 2 aromatic carbocycles. The highest BCUT2D eigenvalue weighted by Gasteiger charge is 2.14. The van der Waals surface area contributed by atoms with E-state index >= 15 is 0 Å². The Hall–Kier alpha value is -2.98. The van der Waals surface area contributed by atoms with E-state index in [0.717, 1.165) is 34.2 Å². The van der Waals surface area contributed by atoms with E-state index in [1.54, 1.807) is 7.11 Å². The number of methoxy groups -OCH3 is 1. The lowest BCUT2D eigenvalue weighted by atomic mass is 10.1. The molecule has 4 aromatic rings. The van der Waals surface area contributed by atoms with Crippen LogP contribution in [0.5, 0.6) is 5.75 Å². The molecule has 4 nitrogen and oxygen atoms in total. The van der Waals surface area contributed by atoms with Crippen LogP contribution in [-0.4, -0.2) is 16.5 Å². The predicted molar refractivity (Wildman–Crippen MR) is 102 cm³/mol. The molecule has 0 atom stereocenters. The van der Waals surface area contributed by atoms with Crippen LogP contribution >= 0.6 is 11.6 Å². The van der Waals surface area contributed by atoms with Gasteiger partial charge in [-0.2, -0.15) is 0 Å². The lowest BCUT2D eigenvalue weighted by Crippen LogP contribution is -1.97. The number of rotatable bonds is 4. The molecule has 0 saturated carbocycles. The minimum absolute atomic E-state index is 0.706. The lowest BCUT2D eigenvalue weighted by Gasteiger charge is -2.09. The molecule has 0 aliphatic rings. The Morgan fingerprint density at radius 1 is 0.960 bits per heavy atom. The minimum Gasteiger partial charge on any atom is -0.497 e. The Balaban J connectivity index is 1.82. The fraction of sp³-hybridized carbons (Fsp3) is 0.0500. The van der Waals surface area contributed by atoms with Crippen LogP contribution in [0.15, 0.2) is 72.9 Å². The molecule has 0 bridgehead atoms. The van der Waals surface area contributed by atoms with Crippen molar-refractivity contribution in [3.63, 3.8) is 0 Å². The van der Waals surface area contributed by atoms with Crippen molar-refractivity contribution in [1.82, 2.24) is 9.38 Å². The summed E-state index contributed by atoms with van der Waals surface area (Å²) in [7, 11) is 1.66. The maximum Gasteiger partial charge on any atom is 0.143 e. The Labute approximate surface area is 150 Å². The molecule has 0 saturated heterocycles. The smallest absolute Gasteiger partial charge is 0.143 e. The standard InChI is InChI=1S/C20H16ClN3O/c1-25-17-11-9-16(10-12-17)22-20-19(14-5-7-15(21)8-6-14)23-18-4-2-3-13-24(18)20/h2-13,22H,1H3. The van der Waals surface area contributed by atoms with Crippen molar-refractivity contribution < 1.29 is 4.74 Å². The average molecular weight is 350 g/mol. The number of nitrogens with zero attached hydrogens (tertiary/aromatic N) is 2. The second-order valence-electron chi connectivity index (χ2n) is 5.60. The van der Waals surface area contributed by atoms with E-state index < -0.39 is 0 Å². The molecule has 0 fully saturated rings. The summed E-state index contributed by atoms with van der Waals surface area (Å²) in [4.78, 5) is 4.78. The van der Waals surface area contributed by atoms with Crippen LogP contribution in [0, 0.1) is 0 Å². The number of nitrogens with one attached hydrogen (secondary N) is 1. The van der Waals surface area contributed by atoms with Gasteiger partial charge >= 0.3 is 0 Å². The molecule has 0 radical (unpaired) electrons. The molecule has 0 unspecified atom stereocenters. The number of anilines is 2. The Bertz CT molecular complexity index is 1010. The zero-order valence-electron chi connectivity index (χ0n) is 13.6. The van der Waals surface area contributed by atoms with Crippen LogP contribution in [0.4, 0.5) is 11.5 Å². The SMILES string of the molecule is COc1ccc(Nc2c(-c3ccc(Cl)cc3)nc3ccccn23)cc1. The van der Waals surface area contributed by atoms with E-state index in [-0.39, 0.29) is 0 Å². The summed E-state index contributed by atoms with van der Waals surface area (Å²) in [6.07, 6.45) is 1.99. The normalized spacial score (nSPS) is 10.8. The van der Waals surface area contributed by atoms with Gasteiger partial charge in [-0.3, -0.25) is 4.40 Å². The Morgan fingerprint density at radius 2 is 1.72 bits per heavy atom. The number of fused-ring (bicyclic) bond motifs is 1. The van der Waals surface area contributed by atoms with Gasteiger partial charge in [0.1, 0.15) is 22.9 Å². The number of hydrogen-bond donors (Lipinski definition) is 1. The molecule has 1 N–H and O–H groups in total. The molecule has 5 heteroatoms. The third-order valence-corrected chi connectivity index (χ3v) is 4.25.